The molecule has 0 aliphatic heterocycles. The van der Waals surface area contributed by atoms with Crippen molar-refractivity contribution in [2.24, 2.45) is 11.8 Å². The number of hydrogen-bond acceptors (Lipinski definition) is 2. The van der Waals surface area contributed by atoms with Crippen molar-refractivity contribution < 1.29 is 27.9 Å². The zero-order valence-corrected chi connectivity index (χ0v) is 11.1. The Hall–Kier alpha value is -2.05. The molecule has 2 rings (SSSR count). The Morgan fingerprint density at radius 3 is 2.52 bits per heavy atom. The number of amides is 1. The Morgan fingerprint density at radius 2 is 2.00 bits per heavy atom. The van der Waals surface area contributed by atoms with Crippen LogP contribution in [0.3, 0.4) is 0 Å². The molecule has 1 aliphatic carbocycles. The van der Waals surface area contributed by atoms with Gasteiger partial charge in [0.2, 0.25) is 5.91 Å². The second-order valence-corrected chi connectivity index (χ2v) is 5.14. The Labute approximate surface area is 119 Å². The fraction of sp³-hybridized carbons (Fsp3) is 0.429. The van der Waals surface area contributed by atoms with Crippen LogP contribution >= 0.6 is 0 Å². The standard InChI is InChI=1S/C14H14F3NO3/c1-7(18-12(19)10-6-11(10)13(20)21)8-3-2-4-9(5-8)14(15,16)17/h2-5,7,10-11H,6H2,1H3,(H,18,19)(H,20,21)/t7-,10+,11-/m0/s1. The molecule has 0 aromatic heterocycles. The second-order valence-electron chi connectivity index (χ2n) is 5.14. The molecular formula is C14H14F3NO3. The van der Waals surface area contributed by atoms with Crippen LogP contribution in [0, 0.1) is 11.8 Å². The molecule has 1 fully saturated rings. The molecule has 0 bridgehead atoms. The Kier molecular flexibility index (Phi) is 3.93. The minimum atomic E-state index is -4.44. The maximum absolute atomic E-state index is 12.6. The maximum Gasteiger partial charge on any atom is 0.416 e. The van der Waals surface area contributed by atoms with E-state index in [-0.39, 0.29) is 6.42 Å². The van der Waals surface area contributed by atoms with Crippen molar-refractivity contribution in [3.05, 3.63) is 35.4 Å². The first-order chi connectivity index (χ1) is 9.70. The number of benzene rings is 1. The fourth-order valence-corrected chi connectivity index (χ4v) is 2.15. The molecule has 4 nitrogen and oxygen atoms in total. The second kappa shape index (κ2) is 5.38. The van der Waals surface area contributed by atoms with Gasteiger partial charge in [0.05, 0.1) is 23.4 Å². The smallest absolute Gasteiger partial charge is 0.416 e. The molecule has 1 aliphatic rings. The summed E-state index contributed by atoms with van der Waals surface area (Å²) in [6, 6.07) is 4.08. The van der Waals surface area contributed by atoms with E-state index in [1.807, 2.05) is 0 Å². The van der Waals surface area contributed by atoms with E-state index in [0.717, 1.165) is 12.1 Å². The van der Waals surface area contributed by atoms with Gasteiger partial charge in [-0.15, -0.1) is 0 Å². The molecule has 1 saturated carbocycles. The van der Waals surface area contributed by atoms with Crippen molar-refractivity contribution in [3.8, 4) is 0 Å². The first kappa shape index (κ1) is 15.3. The van der Waals surface area contributed by atoms with Gasteiger partial charge < -0.3 is 10.4 Å². The summed E-state index contributed by atoms with van der Waals surface area (Å²) in [5.41, 5.74) is -0.457. The lowest BCUT2D eigenvalue weighted by molar-refractivity contribution is -0.140. The van der Waals surface area contributed by atoms with Gasteiger partial charge in [0.25, 0.3) is 0 Å². The summed E-state index contributed by atoms with van der Waals surface area (Å²) < 4.78 is 37.9. The number of hydrogen-bond donors (Lipinski definition) is 2. The third kappa shape index (κ3) is 3.53. The van der Waals surface area contributed by atoms with E-state index in [9.17, 15) is 22.8 Å². The molecule has 1 aromatic carbocycles. The van der Waals surface area contributed by atoms with Gasteiger partial charge in [-0.1, -0.05) is 12.1 Å². The molecule has 1 aromatic rings. The largest absolute Gasteiger partial charge is 0.481 e. The van der Waals surface area contributed by atoms with E-state index in [2.05, 4.69) is 5.32 Å². The number of carboxylic acid groups (broad SMARTS) is 1. The summed E-state index contributed by atoms with van der Waals surface area (Å²) in [5, 5.41) is 11.3. The Balaban J connectivity index is 2.02. The highest BCUT2D eigenvalue weighted by atomic mass is 19.4. The average Bonchev–Trinajstić information content (AvgIpc) is 3.18. The monoisotopic (exact) mass is 301 g/mol. The van der Waals surface area contributed by atoms with Crippen LogP contribution in [-0.4, -0.2) is 17.0 Å². The summed E-state index contributed by atoms with van der Waals surface area (Å²) in [6.45, 7) is 1.56. The number of carboxylic acids is 1. The maximum atomic E-state index is 12.6. The average molecular weight is 301 g/mol. The van der Waals surface area contributed by atoms with E-state index in [1.54, 1.807) is 6.92 Å². The minimum Gasteiger partial charge on any atom is -0.481 e. The molecule has 0 saturated heterocycles. The molecule has 1 amide bonds. The number of aliphatic carboxylic acids is 1. The van der Waals surface area contributed by atoms with Crippen LogP contribution in [0.1, 0.15) is 30.5 Å². The number of carbonyl (C=O) groups is 2. The van der Waals surface area contributed by atoms with Gasteiger partial charge in [-0.2, -0.15) is 13.2 Å². The third-order valence-electron chi connectivity index (χ3n) is 3.52. The summed E-state index contributed by atoms with van der Waals surface area (Å²) in [4.78, 5) is 22.5. The van der Waals surface area contributed by atoms with Crippen molar-refractivity contribution >= 4 is 11.9 Å². The first-order valence-electron chi connectivity index (χ1n) is 6.40. The van der Waals surface area contributed by atoms with Crippen molar-refractivity contribution in [2.45, 2.75) is 25.6 Å². The highest BCUT2D eigenvalue weighted by Gasteiger charge is 2.48. The van der Waals surface area contributed by atoms with E-state index < -0.39 is 41.5 Å². The van der Waals surface area contributed by atoms with Crippen LogP contribution in [0.25, 0.3) is 0 Å². The van der Waals surface area contributed by atoms with Crippen LogP contribution in [0.2, 0.25) is 0 Å². The summed E-state index contributed by atoms with van der Waals surface area (Å²) >= 11 is 0. The van der Waals surface area contributed by atoms with Crippen LogP contribution in [0.15, 0.2) is 24.3 Å². The SMILES string of the molecule is C[C@H](NC(=O)[C@@H]1C[C@@H]1C(=O)O)c1cccc(C(F)(F)F)c1. The summed E-state index contributed by atoms with van der Waals surface area (Å²) in [7, 11) is 0. The van der Waals surface area contributed by atoms with Crippen molar-refractivity contribution in [1.82, 2.24) is 5.32 Å². The first-order valence-corrected chi connectivity index (χ1v) is 6.40. The number of rotatable bonds is 4. The molecule has 3 atom stereocenters. The van der Waals surface area contributed by atoms with E-state index in [0.29, 0.717) is 5.56 Å². The highest BCUT2D eigenvalue weighted by Crippen LogP contribution is 2.39. The topological polar surface area (TPSA) is 66.4 Å². The van der Waals surface area contributed by atoms with Gasteiger partial charge in [-0.05, 0) is 31.0 Å². The van der Waals surface area contributed by atoms with Gasteiger partial charge in [-0.25, -0.2) is 0 Å². The fourth-order valence-electron chi connectivity index (χ4n) is 2.15. The summed E-state index contributed by atoms with van der Waals surface area (Å²) in [5.74, 6) is -2.73. The molecule has 0 radical (unpaired) electrons. The molecule has 2 N–H and O–H groups in total. The lowest BCUT2D eigenvalue weighted by Crippen LogP contribution is -2.29. The lowest BCUT2D eigenvalue weighted by atomic mass is 10.0. The van der Waals surface area contributed by atoms with Crippen LogP contribution in [0.5, 0.6) is 0 Å². The normalized spacial score (nSPS) is 22.5. The van der Waals surface area contributed by atoms with Gasteiger partial charge in [-0.3, -0.25) is 9.59 Å². The van der Waals surface area contributed by atoms with Crippen molar-refractivity contribution in [2.75, 3.05) is 0 Å². The predicted molar refractivity (Wildman–Crippen MR) is 67.2 cm³/mol. The highest BCUT2D eigenvalue weighted by molar-refractivity contribution is 5.89. The summed E-state index contributed by atoms with van der Waals surface area (Å²) in [6.07, 6.45) is -4.17. The zero-order valence-electron chi connectivity index (χ0n) is 11.1. The van der Waals surface area contributed by atoms with Gasteiger partial charge in [0.1, 0.15) is 0 Å². The van der Waals surface area contributed by atoms with Crippen molar-refractivity contribution in [1.29, 1.82) is 0 Å². The van der Waals surface area contributed by atoms with Crippen LogP contribution < -0.4 is 5.32 Å². The van der Waals surface area contributed by atoms with Gasteiger partial charge in [0.15, 0.2) is 0 Å². The Bertz CT molecular complexity index is 571. The van der Waals surface area contributed by atoms with Crippen LogP contribution in [0.4, 0.5) is 13.2 Å². The lowest BCUT2D eigenvalue weighted by Gasteiger charge is -2.16. The van der Waals surface area contributed by atoms with Crippen LogP contribution in [-0.2, 0) is 15.8 Å². The molecule has 21 heavy (non-hydrogen) atoms. The zero-order chi connectivity index (χ0) is 15.8. The van der Waals surface area contributed by atoms with E-state index >= 15 is 0 Å². The number of halogens is 3. The molecule has 114 valence electrons. The molecule has 0 heterocycles. The molecule has 0 spiro atoms. The molecule has 7 heteroatoms. The van der Waals surface area contributed by atoms with Crippen molar-refractivity contribution in [3.63, 3.8) is 0 Å². The number of alkyl halides is 3. The number of carbonyl (C=O) groups excluding carboxylic acids is 1. The third-order valence-corrected chi connectivity index (χ3v) is 3.52. The van der Waals surface area contributed by atoms with E-state index in [1.165, 1.54) is 12.1 Å². The molecular weight excluding hydrogens is 287 g/mol. The minimum absolute atomic E-state index is 0.274. The molecule has 0 unspecified atom stereocenters. The quantitative estimate of drug-likeness (QED) is 0.898. The Morgan fingerprint density at radius 1 is 1.33 bits per heavy atom. The van der Waals surface area contributed by atoms with Gasteiger partial charge in [0, 0.05) is 0 Å². The predicted octanol–water partition coefficient (Wildman–Crippen LogP) is 2.60. The number of nitrogens with one attached hydrogen (secondary N) is 1. The van der Waals surface area contributed by atoms with Gasteiger partial charge >= 0.3 is 12.1 Å². The van der Waals surface area contributed by atoms with E-state index in [4.69, 9.17) is 5.11 Å².